The number of benzene rings is 1. The topological polar surface area (TPSA) is 39.1 Å². The van der Waals surface area contributed by atoms with Gasteiger partial charge in [-0.05, 0) is 45.0 Å². The van der Waals surface area contributed by atoms with Crippen molar-refractivity contribution in [3.8, 4) is 11.4 Å². The van der Waals surface area contributed by atoms with Crippen LogP contribution in [-0.4, -0.2) is 23.9 Å². The molecule has 4 heteroatoms. The molecular weight excluding hydrogens is 250 g/mol. The molecule has 1 aromatic carbocycles. The van der Waals surface area contributed by atoms with Gasteiger partial charge in [-0.1, -0.05) is 6.07 Å². The Morgan fingerprint density at radius 3 is 2.80 bits per heavy atom. The Kier molecular flexibility index (Phi) is 3.49. The first-order valence-electron chi connectivity index (χ1n) is 7.14. The molecule has 1 unspecified atom stereocenters. The predicted octanol–water partition coefficient (Wildman–Crippen LogP) is 3.04. The summed E-state index contributed by atoms with van der Waals surface area (Å²) in [5, 5.41) is 8.02. The normalized spacial score (nSPS) is 16.1. The van der Waals surface area contributed by atoms with Crippen molar-refractivity contribution in [1.82, 2.24) is 15.1 Å². The Morgan fingerprint density at radius 1 is 1.35 bits per heavy atom. The molecule has 0 amide bonds. The first kappa shape index (κ1) is 13.2. The molecular formula is C16H21N3O. The number of hydrogen-bond acceptors (Lipinski definition) is 3. The summed E-state index contributed by atoms with van der Waals surface area (Å²) in [4.78, 5) is 0. The van der Waals surface area contributed by atoms with Gasteiger partial charge in [-0.2, -0.15) is 5.10 Å². The minimum Gasteiger partial charge on any atom is -0.496 e. The van der Waals surface area contributed by atoms with Crippen LogP contribution in [0.1, 0.15) is 43.0 Å². The van der Waals surface area contributed by atoms with Crippen LogP contribution in [0.4, 0.5) is 0 Å². The second kappa shape index (κ2) is 5.29. The average Bonchev–Trinajstić information content (AvgIpc) is 3.23. The summed E-state index contributed by atoms with van der Waals surface area (Å²) in [6.45, 7) is 2.13. The molecule has 4 nitrogen and oxygen atoms in total. The highest BCUT2D eigenvalue weighted by Gasteiger charge is 2.26. The highest BCUT2D eigenvalue weighted by Crippen LogP contribution is 2.39. The molecule has 3 rings (SSSR count). The summed E-state index contributed by atoms with van der Waals surface area (Å²) in [6.07, 6.45) is 4.60. The molecule has 0 aliphatic heterocycles. The predicted molar refractivity (Wildman–Crippen MR) is 79.6 cm³/mol. The maximum atomic E-state index is 5.52. The molecule has 1 aromatic heterocycles. The molecule has 1 aliphatic rings. The van der Waals surface area contributed by atoms with E-state index in [1.807, 2.05) is 30.1 Å². The van der Waals surface area contributed by atoms with Crippen molar-refractivity contribution < 1.29 is 4.74 Å². The lowest BCUT2D eigenvalue weighted by Gasteiger charge is -2.19. The van der Waals surface area contributed by atoms with Gasteiger partial charge in [0.15, 0.2) is 0 Å². The van der Waals surface area contributed by atoms with E-state index in [-0.39, 0.29) is 6.04 Å². The van der Waals surface area contributed by atoms with Crippen LogP contribution in [0, 0.1) is 0 Å². The van der Waals surface area contributed by atoms with Crippen LogP contribution in [0.25, 0.3) is 5.69 Å². The zero-order valence-corrected chi connectivity index (χ0v) is 12.3. The molecule has 20 heavy (non-hydrogen) atoms. The van der Waals surface area contributed by atoms with E-state index in [0.29, 0.717) is 5.92 Å². The van der Waals surface area contributed by atoms with Gasteiger partial charge in [-0.15, -0.1) is 0 Å². The second-order valence-corrected chi connectivity index (χ2v) is 5.36. The molecule has 1 atom stereocenters. The Balaban J connectivity index is 2.06. The van der Waals surface area contributed by atoms with Crippen LogP contribution in [0.2, 0.25) is 0 Å². The van der Waals surface area contributed by atoms with Crippen LogP contribution in [0.5, 0.6) is 5.75 Å². The van der Waals surface area contributed by atoms with E-state index in [1.165, 1.54) is 18.5 Å². The molecule has 0 bridgehead atoms. The minimum atomic E-state index is 0.203. The lowest BCUT2D eigenvalue weighted by atomic mass is 10.0. The molecule has 0 spiro atoms. The van der Waals surface area contributed by atoms with Crippen LogP contribution < -0.4 is 10.1 Å². The van der Waals surface area contributed by atoms with Gasteiger partial charge in [0.1, 0.15) is 5.75 Å². The standard InChI is InChI=1S/C16H21N3O/c1-11(17-2)16-14(5-4-6-15(16)20-3)19-10-9-13(18-19)12-7-8-12/h4-6,9-12,17H,7-8H2,1-3H3. The minimum absolute atomic E-state index is 0.203. The number of hydrogen-bond donors (Lipinski definition) is 1. The van der Waals surface area contributed by atoms with E-state index >= 15 is 0 Å². The summed E-state index contributed by atoms with van der Waals surface area (Å²) in [6, 6.07) is 8.44. The van der Waals surface area contributed by atoms with Gasteiger partial charge in [-0.3, -0.25) is 0 Å². The number of ether oxygens (including phenoxy) is 1. The fraction of sp³-hybridized carbons (Fsp3) is 0.438. The monoisotopic (exact) mass is 271 g/mol. The summed E-state index contributed by atoms with van der Waals surface area (Å²) in [7, 11) is 3.67. The van der Waals surface area contributed by atoms with Gasteiger partial charge in [0.25, 0.3) is 0 Å². The molecule has 1 saturated carbocycles. The maximum absolute atomic E-state index is 5.52. The van der Waals surface area contributed by atoms with Gasteiger partial charge in [0.2, 0.25) is 0 Å². The number of aromatic nitrogens is 2. The zero-order chi connectivity index (χ0) is 14.1. The SMILES string of the molecule is CNC(C)c1c(OC)cccc1-n1ccc(C2CC2)n1. The zero-order valence-electron chi connectivity index (χ0n) is 12.3. The summed E-state index contributed by atoms with van der Waals surface area (Å²) in [5.41, 5.74) is 3.43. The number of methoxy groups -OCH3 is 1. The van der Waals surface area contributed by atoms with E-state index in [0.717, 1.165) is 17.0 Å². The number of nitrogens with one attached hydrogen (secondary N) is 1. The van der Waals surface area contributed by atoms with Crippen molar-refractivity contribution in [3.63, 3.8) is 0 Å². The third-order valence-corrected chi connectivity index (χ3v) is 3.98. The van der Waals surface area contributed by atoms with Crippen LogP contribution in [-0.2, 0) is 0 Å². The van der Waals surface area contributed by atoms with Crippen molar-refractivity contribution in [3.05, 3.63) is 41.7 Å². The Hall–Kier alpha value is -1.81. The summed E-state index contributed by atoms with van der Waals surface area (Å²) in [5.74, 6) is 1.57. The molecule has 1 aliphatic carbocycles. The largest absolute Gasteiger partial charge is 0.496 e. The van der Waals surface area contributed by atoms with Crippen molar-refractivity contribution in [1.29, 1.82) is 0 Å². The van der Waals surface area contributed by atoms with E-state index in [9.17, 15) is 0 Å². The quantitative estimate of drug-likeness (QED) is 0.908. The Bertz CT molecular complexity index is 602. The lowest BCUT2D eigenvalue weighted by Crippen LogP contribution is -2.16. The van der Waals surface area contributed by atoms with Crippen LogP contribution >= 0.6 is 0 Å². The van der Waals surface area contributed by atoms with Gasteiger partial charge in [-0.25, -0.2) is 4.68 Å². The highest BCUT2D eigenvalue weighted by atomic mass is 16.5. The van der Waals surface area contributed by atoms with Crippen LogP contribution in [0.3, 0.4) is 0 Å². The Labute approximate surface area is 119 Å². The van der Waals surface area contributed by atoms with E-state index in [1.54, 1.807) is 7.11 Å². The maximum Gasteiger partial charge on any atom is 0.125 e. The van der Waals surface area contributed by atoms with Gasteiger partial charge in [0.05, 0.1) is 18.5 Å². The average molecular weight is 271 g/mol. The molecule has 1 N–H and O–H groups in total. The first-order valence-corrected chi connectivity index (χ1v) is 7.14. The first-order chi connectivity index (χ1) is 9.74. The molecule has 0 saturated heterocycles. The summed E-state index contributed by atoms with van der Waals surface area (Å²) < 4.78 is 7.49. The van der Waals surface area contributed by atoms with E-state index < -0.39 is 0 Å². The fourth-order valence-electron chi connectivity index (χ4n) is 2.56. The van der Waals surface area contributed by atoms with Crippen molar-refractivity contribution >= 4 is 0 Å². The van der Waals surface area contributed by atoms with E-state index in [4.69, 9.17) is 9.84 Å². The van der Waals surface area contributed by atoms with Gasteiger partial charge in [0, 0.05) is 23.7 Å². The van der Waals surface area contributed by atoms with Gasteiger partial charge >= 0.3 is 0 Å². The van der Waals surface area contributed by atoms with Crippen molar-refractivity contribution in [2.24, 2.45) is 0 Å². The molecule has 2 aromatic rings. The van der Waals surface area contributed by atoms with Crippen LogP contribution in [0.15, 0.2) is 30.5 Å². The highest BCUT2D eigenvalue weighted by molar-refractivity contribution is 5.51. The fourth-order valence-corrected chi connectivity index (χ4v) is 2.56. The smallest absolute Gasteiger partial charge is 0.125 e. The third-order valence-electron chi connectivity index (χ3n) is 3.98. The van der Waals surface area contributed by atoms with Crippen molar-refractivity contribution in [2.45, 2.75) is 31.7 Å². The number of rotatable bonds is 5. The molecule has 0 radical (unpaired) electrons. The van der Waals surface area contributed by atoms with E-state index in [2.05, 4.69) is 24.4 Å². The Morgan fingerprint density at radius 2 is 2.15 bits per heavy atom. The lowest BCUT2D eigenvalue weighted by molar-refractivity contribution is 0.403. The number of nitrogens with zero attached hydrogens (tertiary/aromatic N) is 2. The third kappa shape index (κ3) is 2.31. The second-order valence-electron chi connectivity index (χ2n) is 5.36. The molecule has 1 heterocycles. The molecule has 1 fully saturated rings. The van der Waals surface area contributed by atoms with Gasteiger partial charge < -0.3 is 10.1 Å². The summed E-state index contributed by atoms with van der Waals surface area (Å²) >= 11 is 0. The van der Waals surface area contributed by atoms with Crippen molar-refractivity contribution in [2.75, 3.05) is 14.2 Å². The molecule has 106 valence electrons.